The highest BCUT2D eigenvalue weighted by atomic mass is 16.3. The van der Waals surface area contributed by atoms with Crippen molar-refractivity contribution in [3.05, 3.63) is 0 Å². The van der Waals surface area contributed by atoms with Crippen molar-refractivity contribution in [3.63, 3.8) is 0 Å². The molecule has 0 fully saturated rings. The van der Waals surface area contributed by atoms with Gasteiger partial charge in [0.2, 0.25) is 5.91 Å². The molecule has 0 bridgehead atoms. The highest BCUT2D eigenvalue weighted by molar-refractivity contribution is 5.76. The molecule has 0 saturated carbocycles. The molecule has 0 aliphatic heterocycles. The number of hydrogen-bond donors (Lipinski definition) is 2. The molecule has 0 rings (SSSR count). The molecule has 2 N–H and O–H groups in total. The number of hydrogen-bond acceptors (Lipinski definition) is 2. The average molecular weight is 468 g/mol. The summed E-state index contributed by atoms with van der Waals surface area (Å²) in [6.45, 7) is 6.48. The van der Waals surface area contributed by atoms with Crippen molar-refractivity contribution in [3.8, 4) is 0 Å². The van der Waals surface area contributed by atoms with Crippen LogP contribution in [-0.2, 0) is 4.79 Å². The molecular formula is C30H61NO2. The molecule has 3 nitrogen and oxygen atoms in total. The molecule has 0 radical (unpaired) electrons. The van der Waals surface area contributed by atoms with Crippen LogP contribution in [0.2, 0.25) is 0 Å². The summed E-state index contributed by atoms with van der Waals surface area (Å²) in [5.74, 6) is 0.106. The Labute approximate surface area is 208 Å². The monoisotopic (exact) mass is 467 g/mol. The van der Waals surface area contributed by atoms with E-state index >= 15 is 0 Å². The van der Waals surface area contributed by atoms with Crippen LogP contribution in [0.4, 0.5) is 0 Å². The first-order valence-corrected chi connectivity index (χ1v) is 15.1. The number of aliphatic hydroxyl groups excluding tert-OH is 1. The van der Waals surface area contributed by atoms with E-state index in [-0.39, 0.29) is 11.9 Å². The van der Waals surface area contributed by atoms with Crippen LogP contribution in [0.5, 0.6) is 0 Å². The molecule has 33 heavy (non-hydrogen) atoms. The number of amides is 1. The molecular weight excluding hydrogens is 406 g/mol. The standard InChI is InChI=1S/C30H61NO2/c1-4-6-8-10-12-14-15-16-17-19-20-22-24-26-29(32)28(3)31-30(33)27-25-23-21-18-13-11-9-7-5-2/h28-29,32H,4-27H2,1-3H3,(H,31,33)/t28-,29+/m0/s1. The van der Waals surface area contributed by atoms with Crippen LogP contribution in [0.1, 0.15) is 175 Å². The topological polar surface area (TPSA) is 49.3 Å². The van der Waals surface area contributed by atoms with E-state index in [9.17, 15) is 9.90 Å². The van der Waals surface area contributed by atoms with Crippen LogP contribution in [0.3, 0.4) is 0 Å². The zero-order chi connectivity index (χ0) is 24.4. The molecule has 3 heteroatoms. The molecule has 0 aromatic heterocycles. The summed E-state index contributed by atoms with van der Waals surface area (Å²) >= 11 is 0. The highest BCUT2D eigenvalue weighted by Gasteiger charge is 2.15. The fourth-order valence-corrected chi connectivity index (χ4v) is 4.64. The van der Waals surface area contributed by atoms with Gasteiger partial charge in [-0.25, -0.2) is 0 Å². The van der Waals surface area contributed by atoms with Gasteiger partial charge in [-0.3, -0.25) is 4.79 Å². The van der Waals surface area contributed by atoms with Gasteiger partial charge in [0.1, 0.15) is 0 Å². The number of carbonyl (C=O) groups is 1. The Balaban J connectivity index is 3.44. The molecule has 1 amide bonds. The van der Waals surface area contributed by atoms with Crippen LogP contribution in [0.25, 0.3) is 0 Å². The zero-order valence-corrected chi connectivity index (χ0v) is 23.0. The van der Waals surface area contributed by atoms with Crippen molar-refractivity contribution < 1.29 is 9.90 Å². The Morgan fingerprint density at radius 2 is 0.909 bits per heavy atom. The van der Waals surface area contributed by atoms with Crippen molar-refractivity contribution in [1.29, 1.82) is 0 Å². The Hall–Kier alpha value is -0.570. The van der Waals surface area contributed by atoms with E-state index in [0.717, 1.165) is 25.7 Å². The van der Waals surface area contributed by atoms with Crippen LogP contribution < -0.4 is 5.32 Å². The van der Waals surface area contributed by atoms with Gasteiger partial charge in [-0.1, -0.05) is 149 Å². The number of unbranched alkanes of at least 4 members (excludes halogenated alkanes) is 20. The summed E-state index contributed by atoms with van der Waals surface area (Å²) in [6, 6.07) is -0.131. The molecule has 0 aliphatic carbocycles. The number of rotatable bonds is 26. The SMILES string of the molecule is CCCCCCCCCCCCCCC[C@@H](O)[C@H](C)NC(=O)CCCCCCCCCCC. The van der Waals surface area contributed by atoms with E-state index in [1.165, 1.54) is 122 Å². The van der Waals surface area contributed by atoms with Gasteiger partial charge in [-0.05, 0) is 19.8 Å². The Morgan fingerprint density at radius 1 is 0.576 bits per heavy atom. The maximum Gasteiger partial charge on any atom is 0.220 e. The Morgan fingerprint density at radius 3 is 1.30 bits per heavy atom. The second-order valence-electron chi connectivity index (χ2n) is 10.5. The summed E-state index contributed by atoms with van der Waals surface area (Å²) in [5, 5.41) is 13.4. The molecule has 198 valence electrons. The Bertz CT molecular complexity index is 399. The highest BCUT2D eigenvalue weighted by Crippen LogP contribution is 2.14. The lowest BCUT2D eigenvalue weighted by Crippen LogP contribution is -2.41. The second kappa shape index (κ2) is 26.0. The molecule has 2 atom stereocenters. The van der Waals surface area contributed by atoms with Crippen LogP contribution >= 0.6 is 0 Å². The predicted octanol–water partition coefficient (Wildman–Crippen LogP) is 9.25. The van der Waals surface area contributed by atoms with Crippen molar-refractivity contribution in [2.75, 3.05) is 0 Å². The van der Waals surface area contributed by atoms with Crippen molar-refractivity contribution in [1.82, 2.24) is 5.32 Å². The summed E-state index contributed by atoms with van der Waals surface area (Å²) in [7, 11) is 0. The maximum atomic E-state index is 12.1. The lowest BCUT2D eigenvalue weighted by molar-refractivity contribution is -0.122. The third kappa shape index (κ3) is 24.4. The van der Waals surface area contributed by atoms with Gasteiger partial charge >= 0.3 is 0 Å². The minimum Gasteiger partial charge on any atom is -0.391 e. The number of aliphatic hydroxyl groups is 1. The van der Waals surface area contributed by atoms with Gasteiger partial charge < -0.3 is 10.4 Å². The largest absolute Gasteiger partial charge is 0.391 e. The molecule has 0 aromatic rings. The quantitative estimate of drug-likeness (QED) is 0.124. The minimum absolute atomic E-state index is 0.106. The fraction of sp³-hybridized carbons (Fsp3) is 0.967. The third-order valence-electron chi connectivity index (χ3n) is 7.08. The van der Waals surface area contributed by atoms with Gasteiger partial charge in [-0.15, -0.1) is 0 Å². The zero-order valence-electron chi connectivity index (χ0n) is 23.0. The summed E-state index contributed by atoms with van der Waals surface area (Å²) < 4.78 is 0. The molecule has 0 unspecified atom stereocenters. The molecule has 0 aromatic carbocycles. The van der Waals surface area contributed by atoms with Gasteiger partial charge in [0.25, 0.3) is 0 Å². The van der Waals surface area contributed by atoms with Gasteiger partial charge in [0, 0.05) is 6.42 Å². The average Bonchev–Trinajstić information content (AvgIpc) is 2.80. The second-order valence-corrected chi connectivity index (χ2v) is 10.5. The first kappa shape index (κ1) is 32.4. The van der Waals surface area contributed by atoms with E-state index in [1.807, 2.05) is 6.92 Å². The van der Waals surface area contributed by atoms with Crippen LogP contribution in [-0.4, -0.2) is 23.2 Å². The van der Waals surface area contributed by atoms with Crippen molar-refractivity contribution in [2.24, 2.45) is 0 Å². The van der Waals surface area contributed by atoms with E-state index in [4.69, 9.17) is 0 Å². The van der Waals surface area contributed by atoms with Crippen LogP contribution in [0.15, 0.2) is 0 Å². The third-order valence-corrected chi connectivity index (χ3v) is 7.08. The molecule has 0 spiro atoms. The number of carbonyl (C=O) groups excluding carboxylic acids is 1. The van der Waals surface area contributed by atoms with E-state index in [0.29, 0.717) is 6.42 Å². The first-order chi connectivity index (χ1) is 16.1. The first-order valence-electron chi connectivity index (χ1n) is 15.1. The fourth-order valence-electron chi connectivity index (χ4n) is 4.64. The normalized spacial score (nSPS) is 13.2. The minimum atomic E-state index is -0.412. The van der Waals surface area contributed by atoms with Gasteiger partial charge in [0.05, 0.1) is 12.1 Å². The summed E-state index contributed by atoms with van der Waals surface area (Å²) in [6.07, 6.45) is 29.9. The van der Waals surface area contributed by atoms with E-state index in [1.54, 1.807) is 0 Å². The Kier molecular flexibility index (Phi) is 25.6. The van der Waals surface area contributed by atoms with E-state index in [2.05, 4.69) is 19.2 Å². The predicted molar refractivity (Wildman–Crippen MR) is 146 cm³/mol. The summed E-state index contributed by atoms with van der Waals surface area (Å²) in [4.78, 5) is 12.1. The molecule has 0 aliphatic rings. The molecule has 0 saturated heterocycles. The lowest BCUT2D eigenvalue weighted by Gasteiger charge is -2.20. The maximum absolute atomic E-state index is 12.1. The number of nitrogens with one attached hydrogen (secondary N) is 1. The summed E-state index contributed by atoms with van der Waals surface area (Å²) in [5.41, 5.74) is 0. The van der Waals surface area contributed by atoms with Crippen LogP contribution in [0, 0.1) is 0 Å². The smallest absolute Gasteiger partial charge is 0.220 e. The van der Waals surface area contributed by atoms with Gasteiger partial charge in [0.15, 0.2) is 0 Å². The van der Waals surface area contributed by atoms with Crippen molar-refractivity contribution in [2.45, 2.75) is 187 Å². The molecule has 0 heterocycles. The van der Waals surface area contributed by atoms with E-state index < -0.39 is 6.10 Å². The lowest BCUT2D eigenvalue weighted by atomic mass is 10.0. The van der Waals surface area contributed by atoms with Gasteiger partial charge in [-0.2, -0.15) is 0 Å². The van der Waals surface area contributed by atoms with Crippen molar-refractivity contribution >= 4 is 5.91 Å².